The van der Waals surface area contributed by atoms with Gasteiger partial charge < -0.3 is 16.0 Å². The van der Waals surface area contributed by atoms with Gasteiger partial charge in [0.15, 0.2) is 5.13 Å². The molecule has 0 saturated carbocycles. The molecule has 1 rings (SSSR count). The molecule has 0 bridgehead atoms. The second-order valence-corrected chi connectivity index (χ2v) is 6.98. The number of hydrogen-bond acceptors (Lipinski definition) is 5. The largest absolute Gasteiger partial charge is 0.354 e. The molecule has 0 aromatic carbocycles. The lowest BCUT2D eigenvalue weighted by Crippen LogP contribution is -2.33. The van der Waals surface area contributed by atoms with Crippen LogP contribution in [0.25, 0.3) is 0 Å². The summed E-state index contributed by atoms with van der Waals surface area (Å²) in [6, 6.07) is 0. The number of anilines is 1. The first-order valence-corrected chi connectivity index (χ1v) is 8.44. The van der Waals surface area contributed by atoms with E-state index in [1.807, 2.05) is 20.8 Å². The number of rotatable bonds is 8. The van der Waals surface area contributed by atoms with Crippen LogP contribution in [-0.4, -0.2) is 36.4 Å². The number of amides is 2. The van der Waals surface area contributed by atoms with Crippen molar-refractivity contribution < 1.29 is 9.59 Å². The Morgan fingerprint density at radius 1 is 1.23 bits per heavy atom. The molecule has 2 amide bonds. The summed E-state index contributed by atoms with van der Waals surface area (Å²) in [4.78, 5) is 27.9. The minimum atomic E-state index is -0.464. The molecule has 124 valence electrons. The van der Waals surface area contributed by atoms with Crippen LogP contribution in [0.4, 0.5) is 5.13 Å². The topological polar surface area (TPSA) is 83.1 Å². The quantitative estimate of drug-likeness (QED) is 0.636. The lowest BCUT2D eigenvalue weighted by atomic mass is 9.96. The molecule has 6 nitrogen and oxygen atoms in total. The fourth-order valence-corrected chi connectivity index (χ4v) is 2.25. The molecule has 1 aromatic rings. The van der Waals surface area contributed by atoms with Crippen LogP contribution in [0.2, 0.25) is 0 Å². The number of carbonyl (C=O) groups excluding carboxylic acids is 2. The average Bonchev–Trinajstić information content (AvgIpc) is 2.84. The number of hydrogen-bond donors (Lipinski definition) is 3. The van der Waals surface area contributed by atoms with Crippen LogP contribution in [0.15, 0.2) is 5.38 Å². The zero-order chi connectivity index (χ0) is 16.6. The van der Waals surface area contributed by atoms with Crippen LogP contribution < -0.4 is 16.0 Å². The molecular formula is C15H26N4O2S. The lowest BCUT2D eigenvalue weighted by Gasteiger charge is -2.15. The van der Waals surface area contributed by atoms with E-state index in [9.17, 15) is 9.59 Å². The van der Waals surface area contributed by atoms with E-state index in [2.05, 4.69) is 27.9 Å². The van der Waals surface area contributed by atoms with Crippen LogP contribution in [-0.2, 0) is 16.0 Å². The van der Waals surface area contributed by atoms with E-state index >= 15 is 0 Å². The van der Waals surface area contributed by atoms with Crippen molar-refractivity contribution in [2.45, 2.75) is 40.5 Å². The van der Waals surface area contributed by atoms with E-state index in [-0.39, 0.29) is 18.2 Å². The minimum Gasteiger partial charge on any atom is -0.354 e. The van der Waals surface area contributed by atoms with Crippen molar-refractivity contribution in [1.82, 2.24) is 15.6 Å². The van der Waals surface area contributed by atoms with Crippen molar-refractivity contribution in [3.8, 4) is 0 Å². The minimum absolute atomic E-state index is 0.0581. The number of aromatic nitrogens is 1. The Hall–Kier alpha value is -1.47. The van der Waals surface area contributed by atoms with Gasteiger partial charge in [0.2, 0.25) is 11.8 Å². The summed E-state index contributed by atoms with van der Waals surface area (Å²) in [7, 11) is 0. The maximum absolute atomic E-state index is 11.9. The van der Waals surface area contributed by atoms with Gasteiger partial charge in [0.05, 0.1) is 12.1 Å². The predicted octanol–water partition coefficient (Wildman–Crippen LogP) is 1.79. The molecule has 0 spiro atoms. The molecule has 1 heterocycles. The van der Waals surface area contributed by atoms with Crippen molar-refractivity contribution in [2.24, 2.45) is 5.41 Å². The molecule has 0 atom stereocenters. The molecule has 1 aromatic heterocycles. The third kappa shape index (κ3) is 7.00. The maximum atomic E-state index is 11.9. The van der Waals surface area contributed by atoms with Crippen molar-refractivity contribution in [3.05, 3.63) is 11.1 Å². The standard InChI is InChI=1S/C15H26N4O2S/c1-5-6-16-7-8-17-12(20)9-11-10-22-14(18-11)19-13(21)15(2,3)4/h10,16H,5-9H2,1-4H3,(H,17,20)(H,18,19,21). The van der Waals surface area contributed by atoms with Gasteiger partial charge in [-0.1, -0.05) is 27.7 Å². The van der Waals surface area contributed by atoms with Crippen molar-refractivity contribution in [1.29, 1.82) is 0 Å². The first-order valence-electron chi connectivity index (χ1n) is 7.56. The SMILES string of the molecule is CCCNCCNC(=O)Cc1csc(NC(=O)C(C)(C)C)n1. The molecule has 0 aliphatic carbocycles. The van der Waals surface area contributed by atoms with E-state index in [0.29, 0.717) is 17.4 Å². The van der Waals surface area contributed by atoms with Crippen LogP contribution in [0.5, 0.6) is 0 Å². The summed E-state index contributed by atoms with van der Waals surface area (Å²) < 4.78 is 0. The first kappa shape index (κ1) is 18.6. The number of nitrogens with zero attached hydrogens (tertiary/aromatic N) is 1. The Morgan fingerprint density at radius 3 is 2.59 bits per heavy atom. The number of nitrogens with one attached hydrogen (secondary N) is 3. The fraction of sp³-hybridized carbons (Fsp3) is 0.667. The van der Waals surface area contributed by atoms with Gasteiger partial charge in [-0.15, -0.1) is 11.3 Å². The zero-order valence-corrected chi connectivity index (χ0v) is 14.6. The van der Waals surface area contributed by atoms with Gasteiger partial charge in [-0.2, -0.15) is 0 Å². The molecule has 0 aliphatic heterocycles. The fourth-order valence-electron chi connectivity index (χ4n) is 1.55. The molecule has 0 fully saturated rings. The summed E-state index contributed by atoms with van der Waals surface area (Å²) in [5, 5.41) is 11.2. The summed E-state index contributed by atoms with van der Waals surface area (Å²) >= 11 is 1.34. The smallest absolute Gasteiger partial charge is 0.231 e. The monoisotopic (exact) mass is 326 g/mol. The Balaban J connectivity index is 2.35. The van der Waals surface area contributed by atoms with Gasteiger partial charge in [-0.3, -0.25) is 9.59 Å². The molecule has 22 heavy (non-hydrogen) atoms. The Morgan fingerprint density at radius 2 is 1.95 bits per heavy atom. The van der Waals surface area contributed by atoms with Crippen molar-refractivity contribution >= 4 is 28.3 Å². The average molecular weight is 326 g/mol. The predicted molar refractivity (Wildman–Crippen MR) is 90.1 cm³/mol. The molecule has 0 aliphatic rings. The normalized spacial score (nSPS) is 11.3. The molecule has 0 radical (unpaired) electrons. The van der Waals surface area contributed by atoms with E-state index in [1.54, 1.807) is 5.38 Å². The van der Waals surface area contributed by atoms with E-state index < -0.39 is 5.41 Å². The van der Waals surface area contributed by atoms with Gasteiger partial charge in [-0.25, -0.2) is 4.98 Å². The summed E-state index contributed by atoms with van der Waals surface area (Å²) in [6.45, 7) is 9.97. The molecule has 7 heteroatoms. The zero-order valence-electron chi connectivity index (χ0n) is 13.8. The second-order valence-electron chi connectivity index (χ2n) is 6.12. The lowest BCUT2D eigenvalue weighted by molar-refractivity contribution is -0.123. The third-order valence-corrected chi connectivity index (χ3v) is 3.65. The number of thiazole rings is 1. The van der Waals surface area contributed by atoms with Crippen molar-refractivity contribution in [2.75, 3.05) is 25.0 Å². The highest BCUT2D eigenvalue weighted by Gasteiger charge is 2.22. The van der Waals surface area contributed by atoms with Crippen LogP contribution in [0.1, 0.15) is 39.8 Å². The third-order valence-electron chi connectivity index (χ3n) is 2.85. The summed E-state index contributed by atoms with van der Waals surface area (Å²) in [6.07, 6.45) is 1.31. The number of carbonyl (C=O) groups is 2. The Kier molecular flexibility index (Phi) is 7.47. The van der Waals surface area contributed by atoms with Gasteiger partial charge in [0.25, 0.3) is 0 Å². The van der Waals surface area contributed by atoms with Gasteiger partial charge in [0.1, 0.15) is 0 Å². The molecular weight excluding hydrogens is 300 g/mol. The summed E-state index contributed by atoms with van der Waals surface area (Å²) in [5.41, 5.74) is 0.211. The molecule has 0 unspecified atom stereocenters. The van der Waals surface area contributed by atoms with Gasteiger partial charge in [0, 0.05) is 23.9 Å². The maximum Gasteiger partial charge on any atom is 0.231 e. The van der Waals surface area contributed by atoms with Gasteiger partial charge in [-0.05, 0) is 13.0 Å². The molecule has 3 N–H and O–H groups in total. The highest BCUT2D eigenvalue weighted by Crippen LogP contribution is 2.20. The van der Waals surface area contributed by atoms with Crippen molar-refractivity contribution in [3.63, 3.8) is 0 Å². The van der Waals surface area contributed by atoms with Gasteiger partial charge >= 0.3 is 0 Å². The van der Waals surface area contributed by atoms with Crippen LogP contribution in [0, 0.1) is 5.41 Å². The van der Waals surface area contributed by atoms with Crippen LogP contribution >= 0.6 is 11.3 Å². The van der Waals surface area contributed by atoms with E-state index in [0.717, 1.165) is 19.5 Å². The van der Waals surface area contributed by atoms with E-state index in [1.165, 1.54) is 11.3 Å². The Bertz CT molecular complexity index is 494. The summed E-state index contributed by atoms with van der Waals surface area (Å²) in [5.74, 6) is -0.142. The van der Waals surface area contributed by atoms with Crippen LogP contribution in [0.3, 0.4) is 0 Å². The highest BCUT2D eigenvalue weighted by molar-refractivity contribution is 7.13. The first-order chi connectivity index (χ1) is 10.3. The Labute approximate surface area is 136 Å². The van der Waals surface area contributed by atoms with E-state index in [4.69, 9.17) is 0 Å². The second kappa shape index (κ2) is 8.85. The molecule has 0 saturated heterocycles. The highest BCUT2D eigenvalue weighted by atomic mass is 32.1.